The van der Waals surface area contributed by atoms with Crippen molar-refractivity contribution in [2.75, 3.05) is 0 Å². The number of Topliss-reactive ketones (excluding diaryl/α,β-unsaturated/α-hetero) is 1. The highest BCUT2D eigenvalue weighted by Crippen LogP contribution is 2.18. The predicted molar refractivity (Wildman–Crippen MR) is 82.6 cm³/mol. The van der Waals surface area contributed by atoms with Crippen LogP contribution < -0.4 is 5.32 Å². The van der Waals surface area contributed by atoms with E-state index in [9.17, 15) is 9.59 Å². The van der Waals surface area contributed by atoms with Crippen molar-refractivity contribution in [2.45, 2.75) is 39.7 Å². The fourth-order valence-corrected chi connectivity index (χ4v) is 2.84. The normalized spacial score (nSPS) is 12.1. The maximum atomic E-state index is 11.9. The summed E-state index contributed by atoms with van der Waals surface area (Å²) in [5, 5.41) is 2.84. The molecule has 0 spiro atoms. The van der Waals surface area contributed by atoms with E-state index in [-0.39, 0.29) is 30.6 Å². The summed E-state index contributed by atoms with van der Waals surface area (Å²) < 4.78 is 5.46. The molecule has 2 aromatic heterocycles. The number of hydrogen-bond acceptors (Lipinski definition) is 4. The standard InChI is InChI=1S/C16H19NO3S/c1-10-4-7-14(20-10)12(3)17-16(19)9-6-13(18)15-8-5-11(2)21-15/h4-5,7-8,12H,6,9H2,1-3H3,(H,17,19)/t12-/m1/s1. The van der Waals surface area contributed by atoms with Crippen LogP contribution in [-0.4, -0.2) is 11.7 Å². The molecule has 0 unspecified atom stereocenters. The van der Waals surface area contributed by atoms with Crippen LogP contribution in [0.15, 0.2) is 28.7 Å². The highest BCUT2D eigenvalue weighted by atomic mass is 32.1. The molecule has 1 atom stereocenters. The number of furan rings is 1. The van der Waals surface area contributed by atoms with Crippen molar-refractivity contribution in [3.8, 4) is 0 Å². The average Bonchev–Trinajstić information content (AvgIpc) is 3.04. The Labute approximate surface area is 128 Å². The number of thiophene rings is 1. The summed E-state index contributed by atoms with van der Waals surface area (Å²) in [6, 6.07) is 7.25. The summed E-state index contributed by atoms with van der Waals surface area (Å²) in [5.74, 6) is 1.42. The molecule has 0 saturated heterocycles. The molecule has 2 heterocycles. The minimum absolute atomic E-state index is 0.0183. The third-order valence-corrected chi connectivity index (χ3v) is 4.20. The maximum Gasteiger partial charge on any atom is 0.221 e. The largest absolute Gasteiger partial charge is 0.464 e. The molecule has 0 aromatic carbocycles. The van der Waals surface area contributed by atoms with Crippen molar-refractivity contribution in [1.82, 2.24) is 5.32 Å². The molecule has 21 heavy (non-hydrogen) atoms. The van der Waals surface area contributed by atoms with Crippen LogP contribution >= 0.6 is 11.3 Å². The van der Waals surface area contributed by atoms with E-state index >= 15 is 0 Å². The summed E-state index contributed by atoms with van der Waals surface area (Å²) >= 11 is 1.46. The number of aryl methyl sites for hydroxylation is 2. The Morgan fingerprint density at radius 2 is 1.95 bits per heavy atom. The maximum absolute atomic E-state index is 11.9. The molecular weight excluding hydrogens is 286 g/mol. The molecule has 0 fully saturated rings. The first-order chi connectivity index (χ1) is 9.95. The van der Waals surface area contributed by atoms with E-state index in [2.05, 4.69) is 5.32 Å². The highest BCUT2D eigenvalue weighted by Gasteiger charge is 2.15. The fourth-order valence-electron chi connectivity index (χ4n) is 2.01. The summed E-state index contributed by atoms with van der Waals surface area (Å²) in [5.41, 5.74) is 0. The number of rotatable bonds is 6. The molecule has 0 aliphatic rings. The molecule has 1 N–H and O–H groups in total. The van der Waals surface area contributed by atoms with Gasteiger partial charge in [0.15, 0.2) is 5.78 Å². The van der Waals surface area contributed by atoms with Gasteiger partial charge >= 0.3 is 0 Å². The summed E-state index contributed by atoms with van der Waals surface area (Å²) in [7, 11) is 0. The Morgan fingerprint density at radius 3 is 2.52 bits per heavy atom. The second-order valence-corrected chi connectivity index (χ2v) is 6.36. The molecule has 2 aromatic rings. The smallest absolute Gasteiger partial charge is 0.221 e. The molecule has 2 rings (SSSR count). The minimum Gasteiger partial charge on any atom is -0.464 e. The van der Waals surface area contributed by atoms with Gasteiger partial charge in [-0.25, -0.2) is 0 Å². The number of hydrogen-bond donors (Lipinski definition) is 1. The van der Waals surface area contributed by atoms with Crippen LogP contribution in [0.5, 0.6) is 0 Å². The number of carbonyl (C=O) groups excluding carboxylic acids is 2. The lowest BCUT2D eigenvalue weighted by molar-refractivity contribution is -0.121. The topological polar surface area (TPSA) is 59.3 Å². The molecule has 112 valence electrons. The van der Waals surface area contributed by atoms with Gasteiger partial charge in [-0.3, -0.25) is 9.59 Å². The zero-order chi connectivity index (χ0) is 15.4. The Bertz CT molecular complexity index is 641. The lowest BCUT2D eigenvalue weighted by atomic mass is 10.1. The van der Waals surface area contributed by atoms with Crippen LogP contribution in [0.3, 0.4) is 0 Å². The zero-order valence-corrected chi connectivity index (χ0v) is 13.3. The van der Waals surface area contributed by atoms with E-state index in [0.29, 0.717) is 0 Å². The van der Waals surface area contributed by atoms with Gasteiger partial charge in [-0.1, -0.05) is 0 Å². The number of amides is 1. The third kappa shape index (κ3) is 4.29. The Balaban J connectivity index is 1.81. The van der Waals surface area contributed by atoms with Crippen molar-refractivity contribution in [3.63, 3.8) is 0 Å². The van der Waals surface area contributed by atoms with Crippen LogP contribution in [0.1, 0.15) is 51.9 Å². The molecular formula is C16H19NO3S. The lowest BCUT2D eigenvalue weighted by Crippen LogP contribution is -2.26. The SMILES string of the molecule is Cc1ccc([C@@H](C)NC(=O)CCC(=O)c2ccc(C)s2)o1. The van der Waals surface area contributed by atoms with Gasteiger partial charge in [-0.05, 0) is 45.0 Å². The van der Waals surface area contributed by atoms with Crippen LogP contribution in [0, 0.1) is 13.8 Å². The second-order valence-electron chi connectivity index (χ2n) is 5.07. The molecule has 0 aliphatic heterocycles. The Hall–Kier alpha value is -1.88. The molecule has 5 heteroatoms. The molecule has 1 amide bonds. The van der Waals surface area contributed by atoms with Crippen LogP contribution in [0.4, 0.5) is 0 Å². The van der Waals surface area contributed by atoms with Gasteiger partial charge in [-0.2, -0.15) is 0 Å². The predicted octanol–water partition coefficient (Wildman–Crippen LogP) is 3.80. The quantitative estimate of drug-likeness (QED) is 0.826. The van der Waals surface area contributed by atoms with Crippen molar-refractivity contribution in [2.24, 2.45) is 0 Å². The van der Waals surface area contributed by atoms with Crippen molar-refractivity contribution in [3.05, 3.63) is 45.5 Å². The van der Waals surface area contributed by atoms with Gasteiger partial charge in [0.05, 0.1) is 10.9 Å². The van der Waals surface area contributed by atoms with E-state index in [4.69, 9.17) is 4.42 Å². The van der Waals surface area contributed by atoms with E-state index in [1.807, 2.05) is 45.0 Å². The third-order valence-electron chi connectivity index (χ3n) is 3.16. The van der Waals surface area contributed by atoms with E-state index in [0.717, 1.165) is 21.3 Å². The lowest BCUT2D eigenvalue weighted by Gasteiger charge is -2.11. The zero-order valence-electron chi connectivity index (χ0n) is 12.4. The van der Waals surface area contributed by atoms with E-state index < -0.39 is 0 Å². The first-order valence-corrected chi connectivity index (χ1v) is 7.72. The van der Waals surface area contributed by atoms with Crippen molar-refractivity contribution in [1.29, 1.82) is 0 Å². The van der Waals surface area contributed by atoms with Gasteiger partial charge < -0.3 is 9.73 Å². The first kappa shape index (κ1) is 15.5. The van der Waals surface area contributed by atoms with Gasteiger partial charge in [0.2, 0.25) is 5.91 Å². The molecule has 0 radical (unpaired) electrons. The van der Waals surface area contributed by atoms with Gasteiger partial charge in [0.25, 0.3) is 0 Å². The van der Waals surface area contributed by atoms with Gasteiger partial charge in [-0.15, -0.1) is 11.3 Å². The van der Waals surface area contributed by atoms with Gasteiger partial charge in [0, 0.05) is 17.7 Å². The Kier molecular flexibility index (Phi) is 4.96. The Morgan fingerprint density at radius 1 is 1.19 bits per heavy atom. The average molecular weight is 305 g/mol. The van der Waals surface area contributed by atoms with Crippen molar-refractivity contribution < 1.29 is 14.0 Å². The van der Waals surface area contributed by atoms with E-state index in [1.165, 1.54) is 11.3 Å². The number of carbonyl (C=O) groups is 2. The number of ketones is 1. The second kappa shape index (κ2) is 6.72. The van der Waals surface area contributed by atoms with Crippen molar-refractivity contribution >= 4 is 23.0 Å². The van der Waals surface area contributed by atoms with Crippen LogP contribution in [0.2, 0.25) is 0 Å². The summed E-state index contributed by atoms with van der Waals surface area (Å²) in [4.78, 5) is 25.6. The fraction of sp³-hybridized carbons (Fsp3) is 0.375. The van der Waals surface area contributed by atoms with Gasteiger partial charge in [0.1, 0.15) is 11.5 Å². The number of nitrogens with one attached hydrogen (secondary N) is 1. The van der Waals surface area contributed by atoms with Crippen LogP contribution in [0.25, 0.3) is 0 Å². The summed E-state index contributed by atoms with van der Waals surface area (Å²) in [6.45, 7) is 5.68. The minimum atomic E-state index is -0.190. The molecule has 0 aliphatic carbocycles. The van der Waals surface area contributed by atoms with E-state index in [1.54, 1.807) is 0 Å². The molecule has 4 nitrogen and oxygen atoms in total. The first-order valence-electron chi connectivity index (χ1n) is 6.91. The molecule has 0 saturated carbocycles. The summed E-state index contributed by atoms with van der Waals surface area (Å²) in [6.07, 6.45) is 0.426. The monoisotopic (exact) mass is 305 g/mol. The van der Waals surface area contributed by atoms with Crippen LogP contribution in [-0.2, 0) is 4.79 Å². The highest BCUT2D eigenvalue weighted by molar-refractivity contribution is 7.14. The molecule has 0 bridgehead atoms.